The summed E-state index contributed by atoms with van der Waals surface area (Å²) in [6.07, 6.45) is -4.00. The highest BCUT2D eigenvalue weighted by Gasteiger charge is 2.39. The van der Waals surface area contributed by atoms with Crippen LogP contribution < -0.4 is 9.47 Å². The van der Waals surface area contributed by atoms with Crippen LogP contribution in [0.1, 0.15) is 45.3 Å². The Hall–Kier alpha value is -4.26. The molecule has 0 N–H and O–H groups in total. The van der Waals surface area contributed by atoms with Crippen LogP contribution >= 0.6 is 0 Å². The van der Waals surface area contributed by atoms with Crippen molar-refractivity contribution in [3.8, 4) is 11.5 Å². The second-order valence-electron chi connectivity index (χ2n) is 9.47. The van der Waals surface area contributed by atoms with Gasteiger partial charge in [-0.15, -0.1) is 0 Å². The third-order valence-corrected chi connectivity index (χ3v) is 7.20. The van der Waals surface area contributed by atoms with Crippen LogP contribution in [0, 0.1) is 0 Å². The second kappa shape index (κ2) is 10.8. The Morgan fingerprint density at radius 3 is 1.97 bits per heavy atom. The van der Waals surface area contributed by atoms with Gasteiger partial charge in [-0.1, -0.05) is 72.8 Å². The van der Waals surface area contributed by atoms with Crippen LogP contribution in [0.3, 0.4) is 0 Å². The molecule has 0 saturated heterocycles. The Balaban J connectivity index is 1.68. The average molecular weight is 532 g/mol. The van der Waals surface area contributed by atoms with E-state index in [2.05, 4.69) is 0 Å². The fourth-order valence-electron chi connectivity index (χ4n) is 5.36. The molecule has 1 amide bonds. The molecule has 0 spiro atoms. The summed E-state index contributed by atoms with van der Waals surface area (Å²) >= 11 is 0. The minimum Gasteiger partial charge on any atom is -0.493 e. The summed E-state index contributed by atoms with van der Waals surface area (Å²) in [6, 6.07) is 27.0. The highest BCUT2D eigenvalue weighted by Crippen LogP contribution is 2.43. The molecular formula is C32H28F3NO3. The lowest BCUT2D eigenvalue weighted by atomic mass is 9.84. The first kappa shape index (κ1) is 26.4. The monoisotopic (exact) mass is 531 g/mol. The van der Waals surface area contributed by atoms with Crippen LogP contribution in [-0.4, -0.2) is 31.6 Å². The number of alkyl halides is 3. The van der Waals surface area contributed by atoms with Gasteiger partial charge in [0.05, 0.1) is 31.7 Å². The largest absolute Gasteiger partial charge is 0.493 e. The first-order chi connectivity index (χ1) is 18.8. The number of fused-ring (bicyclic) bond motifs is 1. The minimum atomic E-state index is -4.52. The number of ether oxygens (including phenoxy) is 2. The Morgan fingerprint density at radius 1 is 0.821 bits per heavy atom. The molecule has 0 aromatic heterocycles. The van der Waals surface area contributed by atoms with Gasteiger partial charge in [-0.05, 0) is 58.5 Å². The number of halogens is 3. The average Bonchev–Trinajstić information content (AvgIpc) is 2.96. The van der Waals surface area contributed by atoms with Crippen LogP contribution in [0.4, 0.5) is 13.2 Å². The number of methoxy groups -OCH3 is 2. The van der Waals surface area contributed by atoms with Crippen molar-refractivity contribution in [3.63, 3.8) is 0 Å². The van der Waals surface area contributed by atoms with Gasteiger partial charge in [0.1, 0.15) is 0 Å². The molecule has 1 heterocycles. The first-order valence-corrected chi connectivity index (χ1v) is 12.6. The molecule has 1 aliphatic rings. The SMILES string of the molecule is COc1cc2c(cc1OC)[C@@H](c1cccc(C(F)(F)F)c1)N(C(=O)C(c1ccccc1)c1ccccc1)CC2. The van der Waals surface area contributed by atoms with E-state index in [0.29, 0.717) is 35.6 Å². The summed E-state index contributed by atoms with van der Waals surface area (Å²) in [5.41, 5.74) is 2.86. The lowest BCUT2D eigenvalue weighted by Gasteiger charge is -2.40. The third kappa shape index (κ3) is 5.21. The summed E-state index contributed by atoms with van der Waals surface area (Å²) in [7, 11) is 3.05. The molecular weight excluding hydrogens is 503 g/mol. The molecule has 4 aromatic carbocycles. The van der Waals surface area contributed by atoms with Crippen molar-refractivity contribution in [1.82, 2.24) is 4.90 Å². The number of rotatable bonds is 6. The summed E-state index contributed by atoms with van der Waals surface area (Å²) in [5, 5.41) is 0. The zero-order valence-corrected chi connectivity index (χ0v) is 21.6. The Morgan fingerprint density at radius 2 is 1.41 bits per heavy atom. The highest BCUT2D eigenvalue weighted by atomic mass is 19.4. The number of carbonyl (C=O) groups is 1. The van der Waals surface area contributed by atoms with Gasteiger partial charge in [0.25, 0.3) is 0 Å². The third-order valence-electron chi connectivity index (χ3n) is 7.20. The summed E-state index contributed by atoms with van der Waals surface area (Å²) in [6.45, 7) is 0.332. The smallest absolute Gasteiger partial charge is 0.416 e. The van der Waals surface area contributed by atoms with Gasteiger partial charge in [-0.3, -0.25) is 4.79 Å². The van der Waals surface area contributed by atoms with E-state index in [4.69, 9.17) is 9.47 Å². The number of hydrogen-bond acceptors (Lipinski definition) is 3. The van der Waals surface area contributed by atoms with Crippen molar-refractivity contribution in [1.29, 1.82) is 0 Å². The fourth-order valence-corrected chi connectivity index (χ4v) is 5.36. The van der Waals surface area contributed by atoms with E-state index in [9.17, 15) is 18.0 Å². The standard InChI is InChI=1S/C32H28F3NO3/c1-38-27-19-23-16-17-36(31(37)29(21-10-5-3-6-11-21)22-12-7-4-8-13-22)30(26(23)20-28(27)39-2)24-14-9-15-25(18-24)32(33,34)35/h3-15,18-20,29-30H,16-17H2,1-2H3/t30-/m1/s1. The van der Waals surface area contributed by atoms with Gasteiger partial charge in [0, 0.05) is 6.54 Å². The van der Waals surface area contributed by atoms with E-state index in [1.54, 1.807) is 17.0 Å². The molecule has 0 radical (unpaired) electrons. The van der Waals surface area contributed by atoms with E-state index >= 15 is 0 Å². The van der Waals surface area contributed by atoms with Crippen molar-refractivity contribution in [2.45, 2.75) is 24.6 Å². The molecule has 1 atom stereocenters. The lowest BCUT2D eigenvalue weighted by Crippen LogP contribution is -2.43. The lowest BCUT2D eigenvalue weighted by molar-refractivity contribution is -0.137. The van der Waals surface area contributed by atoms with Crippen molar-refractivity contribution >= 4 is 5.91 Å². The molecule has 39 heavy (non-hydrogen) atoms. The number of amides is 1. The number of carbonyl (C=O) groups excluding carboxylic acids is 1. The van der Waals surface area contributed by atoms with Crippen molar-refractivity contribution in [2.24, 2.45) is 0 Å². The minimum absolute atomic E-state index is 0.185. The molecule has 200 valence electrons. The van der Waals surface area contributed by atoms with Crippen LogP contribution in [-0.2, 0) is 17.4 Å². The van der Waals surface area contributed by atoms with Gasteiger partial charge in [0.2, 0.25) is 5.91 Å². The molecule has 0 bridgehead atoms. The van der Waals surface area contributed by atoms with Gasteiger partial charge in [-0.2, -0.15) is 13.2 Å². The van der Waals surface area contributed by atoms with Gasteiger partial charge < -0.3 is 14.4 Å². The molecule has 4 nitrogen and oxygen atoms in total. The predicted molar refractivity (Wildman–Crippen MR) is 143 cm³/mol. The quantitative estimate of drug-likeness (QED) is 0.268. The van der Waals surface area contributed by atoms with Crippen molar-refractivity contribution in [3.05, 3.63) is 130 Å². The molecule has 5 rings (SSSR count). The van der Waals surface area contributed by atoms with E-state index in [1.807, 2.05) is 66.7 Å². The first-order valence-electron chi connectivity index (χ1n) is 12.6. The van der Waals surface area contributed by atoms with Gasteiger partial charge in [-0.25, -0.2) is 0 Å². The highest BCUT2D eigenvalue weighted by molar-refractivity contribution is 5.88. The fraction of sp³-hybridized carbons (Fsp3) is 0.219. The van der Waals surface area contributed by atoms with Gasteiger partial charge in [0.15, 0.2) is 11.5 Å². The molecule has 0 aliphatic carbocycles. The molecule has 1 aliphatic heterocycles. The zero-order chi connectivity index (χ0) is 27.6. The van der Waals surface area contributed by atoms with E-state index in [-0.39, 0.29) is 5.91 Å². The van der Waals surface area contributed by atoms with Crippen molar-refractivity contribution in [2.75, 3.05) is 20.8 Å². The van der Waals surface area contributed by atoms with E-state index in [1.165, 1.54) is 20.3 Å². The number of benzene rings is 4. The maximum Gasteiger partial charge on any atom is 0.416 e. The van der Waals surface area contributed by atoms with Crippen LogP contribution in [0.25, 0.3) is 0 Å². The molecule has 7 heteroatoms. The van der Waals surface area contributed by atoms with Crippen molar-refractivity contribution < 1.29 is 27.4 Å². The molecule has 4 aromatic rings. The Bertz CT molecular complexity index is 1420. The summed E-state index contributed by atoms with van der Waals surface area (Å²) in [5.74, 6) is 0.174. The Labute approximate surface area is 225 Å². The predicted octanol–water partition coefficient (Wildman–Crippen LogP) is 7.03. The van der Waals surface area contributed by atoms with Crippen LogP contribution in [0.2, 0.25) is 0 Å². The van der Waals surface area contributed by atoms with E-state index < -0.39 is 23.7 Å². The zero-order valence-electron chi connectivity index (χ0n) is 21.6. The molecule has 0 unspecified atom stereocenters. The summed E-state index contributed by atoms with van der Waals surface area (Å²) in [4.78, 5) is 16.2. The molecule has 0 fully saturated rings. The maximum atomic E-state index is 14.5. The van der Waals surface area contributed by atoms with Crippen LogP contribution in [0.5, 0.6) is 11.5 Å². The second-order valence-corrected chi connectivity index (χ2v) is 9.47. The topological polar surface area (TPSA) is 38.8 Å². The number of nitrogens with zero attached hydrogens (tertiary/aromatic N) is 1. The van der Waals surface area contributed by atoms with Crippen LogP contribution in [0.15, 0.2) is 97.1 Å². The maximum absolute atomic E-state index is 14.5. The molecule has 0 saturated carbocycles. The summed E-state index contributed by atoms with van der Waals surface area (Å²) < 4.78 is 52.3. The van der Waals surface area contributed by atoms with E-state index in [0.717, 1.165) is 28.8 Å². The number of hydrogen-bond donors (Lipinski definition) is 0. The Kier molecular flexibility index (Phi) is 7.33. The van der Waals surface area contributed by atoms with Gasteiger partial charge >= 0.3 is 6.18 Å². The normalized spacial score (nSPS) is 15.1.